The summed E-state index contributed by atoms with van der Waals surface area (Å²) >= 11 is 0. The molecule has 4 aromatic rings. The highest BCUT2D eigenvalue weighted by atomic mass is 16.5. The standard InChI is InChI=1S/C30H35N5O2/c1-20-5-11-26(12-6-20)35-30-29(23(4)33-35)21(2)27(22(3)31-30)13-14-28(36)32-25-9-7-24(8-10-25)19-34-15-17-37-18-16-34/h5-12H,13-19H2,1-4H3,(H,32,36). The molecule has 192 valence electrons. The number of nitrogens with one attached hydrogen (secondary N) is 1. The Balaban J connectivity index is 1.26. The first kappa shape index (κ1) is 25.1. The summed E-state index contributed by atoms with van der Waals surface area (Å²) in [4.78, 5) is 20.1. The first-order valence-corrected chi connectivity index (χ1v) is 13.0. The summed E-state index contributed by atoms with van der Waals surface area (Å²) in [5.74, 6) is 0.00639. The third-order valence-corrected chi connectivity index (χ3v) is 7.20. The van der Waals surface area contributed by atoms with Gasteiger partial charge in [0.05, 0.1) is 24.6 Å². The van der Waals surface area contributed by atoms with Crippen LogP contribution < -0.4 is 5.32 Å². The number of benzene rings is 2. The van der Waals surface area contributed by atoms with Crippen LogP contribution in [0.5, 0.6) is 0 Å². The predicted molar refractivity (Wildman–Crippen MR) is 147 cm³/mol. The average Bonchev–Trinajstić information content (AvgIpc) is 3.22. The van der Waals surface area contributed by atoms with Gasteiger partial charge >= 0.3 is 0 Å². The van der Waals surface area contributed by atoms with Gasteiger partial charge in [-0.15, -0.1) is 0 Å². The Morgan fingerprint density at radius 1 is 0.946 bits per heavy atom. The number of hydrogen-bond donors (Lipinski definition) is 1. The molecule has 1 aliphatic rings. The van der Waals surface area contributed by atoms with Crippen molar-refractivity contribution in [3.63, 3.8) is 0 Å². The van der Waals surface area contributed by atoms with E-state index in [1.165, 1.54) is 11.1 Å². The van der Waals surface area contributed by atoms with E-state index in [0.29, 0.717) is 12.8 Å². The molecule has 0 spiro atoms. The van der Waals surface area contributed by atoms with Crippen molar-refractivity contribution in [2.75, 3.05) is 31.6 Å². The van der Waals surface area contributed by atoms with Crippen LogP contribution in [-0.2, 0) is 22.5 Å². The Labute approximate surface area is 218 Å². The van der Waals surface area contributed by atoms with E-state index >= 15 is 0 Å². The zero-order chi connectivity index (χ0) is 25.9. The van der Waals surface area contributed by atoms with Gasteiger partial charge in [-0.25, -0.2) is 9.67 Å². The summed E-state index contributed by atoms with van der Waals surface area (Å²) in [6.07, 6.45) is 1.03. The molecule has 0 saturated carbocycles. The monoisotopic (exact) mass is 497 g/mol. The van der Waals surface area contributed by atoms with E-state index in [0.717, 1.165) is 77.8 Å². The highest BCUT2D eigenvalue weighted by Crippen LogP contribution is 2.28. The molecule has 1 saturated heterocycles. The third kappa shape index (κ3) is 5.58. The Bertz CT molecular complexity index is 1400. The molecule has 37 heavy (non-hydrogen) atoms. The number of morpholine rings is 1. The van der Waals surface area contributed by atoms with Crippen molar-refractivity contribution in [2.24, 2.45) is 0 Å². The van der Waals surface area contributed by atoms with Crippen molar-refractivity contribution in [3.05, 3.63) is 82.2 Å². The molecular weight excluding hydrogens is 462 g/mol. The fourth-order valence-corrected chi connectivity index (χ4v) is 5.11. The fraction of sp³-hybridized carbons (Fsp3) is 0.367. The molecule has 0 atom stereocenters. The molecule has 3 heterocycles. The van der Waals surface area contributed by atoms with Gasteiger partial charge in [0.2, 0.25) is 5.91 Å². The minimum atomic E-state index is 0.00639. The van der Waals surface area contributed by atoms with Crippen molar-refractivity contribution in [2.45, 2.75) is 47.1 Å². The van der Waals surface area contributed by atoms with Gasteiger partial charge in [-0.3, -0.25) is 9.69 Å². The summed E-state index contributed by atoms with van der Waals surface area (Å²) < 4.78 is 7.34. The Morgan fingerprint density at radius 2 is 1.65 bits per heavy atom. The molecule has 0 unspecified atom stereocenters. The van der Waals surface area contributed by atoms with E-state index in [1.807, 2.05) is 30.7 Å². The third-order valence-electron chi connectivity index (χ3n) is 7.20. The average molecular weight is 498 g/mol. The normalized spacial score (nSPS) is 14.3. The first-order chi connectivity index (χ1) is 17.9. The second kappa shape index (κ2) is 10.8. The molecule has 1 aliphatic heterocycles. The second-order valence-electron chi connectivity index (χ2n) is 9.97. The summed E-state index contributed by atoms with van der Waals surface area (Å²) in [6, 6.07) is 16.5. The van der Waals surface area contributed by atoms with Crippen LogP contribution in [0.3, 0.4) is 0 Å². The maximum atomic E-state index is 12.8. The van der Waals surface area contributed by atoms with E-state index in [9.17, 15) is 4.79 Å². The predicted octanol–water partition coefficient (Wildman–Crippen LogP) is 5.06. The zero-order valence-electron chi connectivity index (χ0n) is 22.2. The molecule has 1 amide bonds. The molecule has 1 fully saturated rings. The van der Waals surface area contributed by atoms with Crippen LogP contribution in [-0.4, -0.2) is 51.9 Å². The number of ether oxygens (including phenoxy) is 1. The summed E-state index contributed by atoms with van der Waals surface area (Å²) in [7, 11) is 0. The number of rotatable bonds is 7. The molecule has 7 nitrogen and oxygen atoms in total. The molecule has 0 bridgehead atoms. The van der Waals surface area contributed by atoms with Crippen molar-refractivity contribution in [1.82, 2.24) is 19.7 Å². The van der Waals surface area contributed by atoms with Gasteiger partial charge in [0.1, 0.15) is 0 Å². The van der Waals surface area contributed by atoms with Crippen LogP contribution in [0.25, 0.3) is 16.7 Å². The SMILES string of the molecule is Cc1ccc(-n2nc(C)c3c(C)c(CCC(=O)Nc4ccc(CN5CCOCC5)cc4)c(C)nc32)cc1. The summed E-state index contributed by atoms with van der Waals surface area (Å²) in [5, 5.41) is 8.91. The maximum Gasteiger partial charge on any atom is 0.224 e. The number of anilines is 1. The topological polar surface area (TPSA) is 72.3 Å². The van der Waals surface area contributed by atoms with Crippen LogP contribution in [0.1, 0.15) is 40.1 Å². The fourth-order valence-electron chi connectivity index (χ4n) is 5.11. The summed E-state index contributed by atoms with van der Waals surface area (Å²) in [5.41, 5.74) is 9.30. The van der Waals surface area contributed by atoms with Crippen molar-refractivity contribution < 1.29 is 9.53 Å². The number of carbonyl (C=O) groups excluding carboxylic acids is 1. The van der Waals surface area contributed by atoms with Crippen molar-refractivity contribution >= 4 is 22.6 Å². The van der Waals surface area contributed by atoms with E-state index in [-0.39, 0.29) is 5.91 Å². The molecule has 0 aliphatic carbocycles. The van der Waals surface area contributed by atoms with Gasteiger partial charge < -0.3 is 10.1 Å². The maximum absolute atomic E-state index is 12.8. The number of carbonyl (C=O) groups is 1. The molecule has 1 N–H and O–H groups in total. The van der Waals surface area contributed by atoms with Crippen LogP contribution in [0, 0.1) is 27.7 Å². The van der Waals surface area contributed by atoms with E-state index in [4.69, 9.17) is 14.8 Å². The highest BCUT2D eigenvalue weighted by Gasteiger charge is 2.18. The van der Waals surface area contributed by atoms with Crippen LogP contribution in [0.15, 0.2) is 48.5 Å². The second-order valence-corrected chi connectivity index (χ2v) is 9.97. The Kier molecular flexibility index (Phi) is 7.35. The molecule has 2 aromatic carbocycles. The van der Waals surface area contributed by atoms with Crippen molar-refractivity contribution in [1.29, 1.82) is 0 Å². The van der Waals surface area contributed by atoms with Gasteiger partial charge in [0.15, 0.2) is 5.65 Å². The van der Waals surface area contributed by atoms with Gasteiger partial charge in [-0.1, -0.05) is 29.8 Å². The van der Waals surface area contributed by atoms with E-state index < -0.39 is 0 Å². The van der Waals surface area contributed by atoms with Crippen LogP contribution >= 0.6 is 0 Å². The van der Waals surface area contributed by atoms with E-state index in [2.05, 4.69) is 60.5 Å². The number of nitrogens with zero attached hydrogens (tertiary/aromatic N) is 4. The summed E-state index contributed by atoms with van der Waals surface area (Å²) in [6.45, 7) is 12.7. The molecule has 7 heteroatoms. The lowest BCUT2D eigenvalue weighted by Gasteiger charge is -2.26. The van der Waals surface area contributed by atoms with Crippen LogP contribution in [0.4, 0.5) is 5.69 Å². The molecule has 5 rings (SSSR count). The first-order valence-electron chi connectivity index (χ1n) is 13.0. The Hall–Kier alpha value is -3.55. The lowest BCUT2D eigenvalue weighted by Crippen LogP contribution is -2.35. The lowest BCUT2D eigenvalue weighted by molar-refractivity contribution is -0.116. The van der Waals surface area contributed by atoms with E-state index in [1.54, 1.807) is 0 Å². The number of amides is 1. The molecule has 2 aromatic heterocycles. The Morgan fingerprint density at radius 3 is 2.35 bits per heavy atom. The molecular formula is C30H35N5O2. The highest BCUT2D eigenvalue weighted by molar-refractivity contribution is 5.91. The van der Waals surface area contributed by atoms with Gasteiger partial charge in [0.25, 0.3) is 0 Å². The number of aromatic nitrogens is 3. The lowest BCUT2D eigenvalue weighted by atomic mass is 9.99. The number of hydrogen-bond acceptors (Lipinski definition) is 5. The number of pyridine rings is 1. The minimum Gasteiger partial charge on any atom is -0.379 e. The van der Waals surface area contributed by atoms with Gasteiger partial charge in [0, 0.05) is 42.8 Å². The number of aryl methyl sites for hydroxylation is 4. The zero-order valence-corrected chi connectivity index (χ0v) is 22.2. The largest absolute Gasteiger partial charge is 0.379 e. The minimum absolute atomic E-state index is 0.00639. The molecule has 0 radical (unpaired) electrons. The van der Waals surface area contributed by atoms with Crippen LogP contribution in [0.2, 0.25) is 0 Å². The van der Waals surface area contributed by atoms with Gasteiger partial charge in [-0.2, -0.15) is 5.10 Å². The number of fused-ring (bicyclic) bond motifs is 1. The quantitative estimate of drug-likeness (QED) is 0.387. The van der Waals surface area contributed by atoms with Gasteiger partial charge in [-0.05, 0) is 75.1 Å². The smallest absolute Gasteiger partial charge is 0.224 e. The van der Waals surface area contributed by atoms with Crippen molar-refractivity contribution in [3.8, 4) is 5.69 Å².